The first-order valence-electron chi connectivity index (χ1n) is 15.1. The molecule has 0 bridgehead atoms. The SMILES string of the molecule is CC(C)N(B1C(c2c(F)c(F)c(F)c(F)c2F)=CC=C1[B-](c1c(F)c(F)c(F)c(F)c1F)(c1c(F)c(F)c(F)c(F)c1F)[n+]1ccccc1)C(C)C. The molecule has 1 aromatic heterocycles. The van der Waals surface area contributed by atoms with Gasteiger partial charge in [-0.05, 0) is 40.6 Å². The normalized spacial score (nSPS) is 13.6. The maximum absolute atomic E-state index is 16.3. The Morgan fingerprint density at radius 1 is 0.462 bits per heavy atom. The third-order valence-electron chi connectivity index (χ3n) is 9.05. The van der Waals surface area contributed by atoms with E-state index in [2.05, 4.69) is 0 Å². The number of allylic oxidation sites excluding steroid dienone is 2. The molecule has 52 heavy (non-hydrogen) atoms. The summed E-state index contributed by atoms with van der Waals surface area (Å²) >= 11 is 0. The summed E-state index contributed by atoms with van der Waals surface area (Å²) in [4.78, 5) is 1.13. The molecule has 0 radical (unpaired) electrons. The summed E-state index contributed by atoms with van der Waals surface area (Å²) in [5.74, 6) is -40.3. The molecule has 5 rings (SSSR count). The average molecular weight is 752 g/mol. The maximum Gasteiger partial charge on any atom is 0.361 e. The van der Waals surface area contributed by atoms with Crippen LogP contribution in [0, 0.1) is 87.3 Å². The minimum Gasteiger partial charge on any atom is -0.415 e. The molecule has 0 saturated heterocycles. The fourth-order valence-corrected chi connectivity index (χ4v) is 7.11. The highest BCUT2D eigenvalue weighted by molar-refractivity contribution is 7.13. The summed E-state index contributed by atoms with van der Waals surface area (Å²) in [6, 6.07) is 1.17. The van der Waals surface area contributed by atoms with Crippen LogP contribution in [0.3, 0.4) is 0 Å². The molecular formula is C33H21B2F15N2. The highest BCUT2D eigenvalue weighted by Crippen LogP contribution is 2.40. The molecule has 2 heterocycles. The lowest BCUT2D eigenvalue weighted by molar-refractivity contribution is -0.540. The van der Waals surface area contributed by atoms with Crippen LogP contribution in [0.5, 0.6) is 0 Å². The van der Waals surface area contributed by atoms with E-state index >= 15 is 43.9 Å². The van der Waals surface area contributed by atoms with Gasteiger partial charge in [-0.1, -0.05) is 39.8 Å². The maximum atomic E-state index is 16.3. The van der Waals surface area contributed by atoms with Crippen molar-refractivity contribution in [3.63, 3.8) is 0 Å². The quantitative estimate of drug-likeness (QED) is 0.0788. The fourth-order valence-electron chi connectivity index (χ4n) is 7.11. The van der Waals surface area contributed by atoms with Gasteiger partial charge in [0, 0.05) is 5.56 Å². The van der Waals surface area contributed by atoms with Crippen molar-refractivity contribution in [3.05, 3.63) is 141 Å². The largest absolute Gasteiger partial charge is 0.415 e. The van der Waals surface area contributed by atoms with Crippen LogP contribution < -0.4 is 15.4 Å². The summed E-state index contributed by atoms with van der Waals surface area (Å²) < 4.78 is 230. The van der Waals surface area contributed by atoms with Gasteiger partial charge in [-0.2, -0.15) is 5.37 Å². The van der Waals surface area contributed by atoms with Crippen LogP contribution in [-0.2, 0) is 0 Å². The summed E-state index contributed by atoms with van der Waals surface area (Å²) in [6.45, 7) is 3.26. The van der Waals surface area contributed by atoms with E-state index in [1.54, 1.807) is 0 Å². The molecular weight excluding hydrogens is 731 g/mol. The minimum atomic E-state index is -5.06. The number of hydrogen-bond acceptors (Lipinski definition) is 1. The highest BCUT2D eigenvalue weighted by Gasteiger charge is 2.58. The number of halogens is 15. The predicted molar refractivity (Wildman–Crippen MR) is 160 cm³/mol. The van der Waals surface area contributed by atoms with Gasteiger partial charge in [0.05, 0.1) is 0 Å². The second-order valence-electron chi connectivity index (χ2n) is 12.4. The van der Waals surface area contributed by atoms with E-state index in [1.807, 2.05) is 0 Å². The molecule has 0 atom stereocenters. The lowest BCUT2D eigenvalue weighted by Crippen LogP contribution is -2.84. The van der Waals surface area contributed by atoms with Crippen molar-refractivity contribution in [2.45, 2.75) is 39.8 Å². The summed E-state index contributed by atoms with van der Waals surface area (Å²) in [7, 11) is 0. The summed E-state index contributed by atoms with van der Waals surface area (Å²) in [6.07, 6.45) is -2.50. The Morgan fingerprint density at radius 2 is 0.788 bits per heavy atom. The van der Waals surface area contributed by atoms with Gasteiger partial charge in [0.25, 0.3) is 6.85 Å². The second-order valence-corrected chi connectivity index (χ2v) is 12.4. The molecule has 0 fully saturated rings. The number of hydrogen-bond donors (Lipinski definition) is 0. The van der Waals surface area contributed by atoms with E-state index in [9.17, 15) is 22.0 Å². The van der Waals surface area contributed by atoms with Crippen LogP contribution >= 0.6 is 0 Å². The molecule has 0 amide bonds. The van der Waals surface area contributed by atoms with Crippen LogP contribution in [0.4, 0.5) is 65.9 Å². The van der Waals surface area contributed by atoms with Gasteiger partial charge < -0.3 is 9.29 Å². The second kappa shape index (κ2) is 13.7. The predicted octanol–water partition coefficient (Wildman–Crippen LogP) is 7.42. The van der Waals surface area contributed by atoms with E-state index in [1.165, 1.54) is 33.8 Å². The van der Waals surface area contributed by atoms with Gasteiger partial charge in [0.15, 0.2) is 58.2 Å². The van der Waals surface area contributed by atoms with Gasteiger partial charge in [0.1, 0.15) is 35.7 Å². The zero-order valence-electron chi connectivity index (χ0n) is 26.9. The van der Waals surface area contributed by atoms with E-state index in [4.69, 9.17) is 0 Å². The van der Waals surface area contributed by atoms with Gasteiger partial charge in [-0.3, -0.25) is 0 Å². The third-order valence-corrected chi connectivity index (χ3v) is 9.05. The number of benzene rings is 3. The first kappa shape index (κ1) is 38.6. The molecule has 0 unspecified atom stereocenters. The van der Waals surface area contributed by atoms with Crippen molar-refractivity contribution < 1.29 is 70.3 Å². The van der Waals surface area contributed by atoms with Crippen molar-refractivity contribution in [1.29, 1.82) is 0 Å². The molecule has 3 aromatic carbocycles. The molecule has 0 N–H and O–H groups in total. The zero-order valence-corrected chi connectivity index (χ0v) is 26.9. The van der Waals surface area contributed by atoms with E-state index in [-0.39, 0.29) is 0 Å². The molecule has 19 heteroatoms. The van der Waals surface area contributed by atoms with Crippen LogP contribution in [0.2, 0.25) is 0 Å². The van der Waals surface area contributed by atoms with E-state index in [0.29, 0.717) is 29.0 Å². The molecule has 0 spiro atoms. The lowest BCUT2D eigenvalue weighted by Gasteiger charge is -2.45. The van der Waals surface area contributed by atoms with Gasteiger partial charge >= 0.3 is 6.28 Å². The van der Waals surface area contributed by atoms with Gasteiger partial charge in [0.2, 0.25) is 5.82 Å². The van der Waals surface area contributed by atoms with Crippen molar-refractivity contribution in [3.8, 4) is 0 Å². The lowest BCUT2D eigenvalue weighted by atomic mass is 9.14. The molecule has 1 aliphatic rings. The molecule has 0 aliphatic carbocycles. The van der Waals surface area contributed by atoms with E-state index in [0.717, 1.165) is 16.9 Å². The van der Waals surface area contributed by atoms with Crippen molar-refractivity contribution >= 4 is 29.5 Å². The zero-order chi connectivity index (χ0) is 38.9. The van der Waals surface area contributed by atoms with Crippen LogP contribution in [0.25, 0.3) is 5.47 Å². The van der Waals surface area contributed by atoms with Crippen molar-refractivity contribution in [2.24, 2.45) is 0 Å². The Labute approximate surface area is 285 Å². The number of pyridine rings is 1. The number of aromatic nitrogens is 1. The minimum absolute atomic E-state index is 0.379. The Kier molecular flexibility index (Phi) is 10.2. The van der Waals surface area contributed by atoms with Gasteiger partial charge in [-0.25, -0.2) is 65.9 Å². The summed E-state index contributed by atoms with van der Waals surface area (Å²) in [5, 5.41) is -1.05. The van der Waals surface area contributed by atoms with Crippen LogP contribution in [0.15, 0.2) is 48.1 Å². The third kappa shape index (κ3) is 5.41. The van der Waals surface area contributed by atoms with Crippen molar-refractivity contribution in [1.82, 2.24) is 4.81 Å². The Morgan fingerprint density at radius 3 is 1.13 bits per heavy atom. The monoisotopic (exact) mass is 752 g/mol. The number of rotatable bonds is 8. The Hall–Kier alpha value is -4.67. The fraction of sp³-hybridized carbons (Fsp3) is 0.182. The number of nitrogens with zero attached hydrogens (tertiary/aromatic N) is 2. The molecule has 4 aromatic rings. The topological polar surface area (TPSA) is 7.12 Å². The van der Waals surface area contributed by atoms with Crippen LogP contribution in [0.1, 0.15) is 33.3 Å². The average Bonchev–Trinajstić information content (AvgIpc) is 3.52. The van der Waals surface area contributed by atoms with E-state index < -0.39 is 140 Å². The molecule has 1 aliphatic heterocycles. The van der Waals surface area contributed by atoms with Gasteiger partial charge in [-0.15, -0.1) is 6.08 Å². The van der Waals surface area contributed by atoms with Crippen LogP contribution in [-0.4, -0.2) is 30.0 Å². The molecule has 274 valence electrons. The molecule has 2 nitrogen and oxygen atoms in total. The standard InChI is InChI=1S/C33H21B2F15N2/c1-12(2)52(13(3)4)34-14(16-19(36)25(42)31(48)26(43)20(16)37)8-9-15(34)35(51-10-6-5-7-11-51,17-21(38)27(44)32(49)28(45)22(17)39)18-23(40)29(46)33(50)30(47)24(18)41/h5-13H,1-4H3. The summed E-state index contributed by atoms with van der Waals surface area (Å²) in [5.41, 5.74) is -7.00. The highest BCUT2D eigenvalue weighted by atomic mass is 19.2. The Balaban J connectivity index is 2.12. The molecule has 0 saturated carbocycles. The smallest absolute Gasteiger partial charge is 0.361 e. The van der Waals surface area contributed by atoms with Crippen molar-refractivity contribution in [2.75, 3.05) is 0 Å². The Bertz CT molecular complexity index is 2020. The first-order valence-corrected chi connectivity index (χ1v) is 15.1. The first-order chi connectivity index (χ1) is 24.3.